The average molecular weight is 335 g/mol. The molecule has 0 atom stereocenters. The Balaban J connectivity index is 1.71. The molecule has 120 valence electrons. The van der Waals surface area contributed by atoms with Crippen molar-refractivity contribution in [1.29, 1.82) is 0 Å². The van der Waals surface area contributed by atoms with Crippen molar-refractivity contribution in [3.63, 3.8) is 0 Å². The minimum Gasteiger partial charge on any atom is -0.355 e. The van der Waals surface area contributed by atoms with Gasteiger partial charge in [0.15, 0.2) is 0 Å². The van der Waals surface area contributed by atoms with E-state index in [1.54, 1.807) is 17.7 Å². The maximum Gasteiger partial charge on any atom is 0.150 e. The van der Waals surface area contributed by atoms with E-state index in [4.69, 9.17) is 0 Å². The second kappa shape index (κ2) is 6.49. The number of fused-ring (bicyclic) bond motifs is 3. The molecule has 0 bridgehead atoms. The number of likely N-dealkylation sites (N-methyl/N-ethyl adjacent to an activating group) is 1. The highest BCUT2D eigenvalue weighted by atomic mass is 32.1. The molecule has 4 heterocycles. The Morgan fingerprint density at radius 3 is 2.75 bits per heavy atom. The number of pyridine rings is 2. The van der Waals surface area contributed by atoms with Gasteiger partial charge in [0, 0.05) is 37.1 Å². The molecule has 0 saturated carbocycles. The van der Waals surface area contributed by atoms with Gasteiger partial charge in [-0.15, -0.1) is 11.3 Å². The van der Waals surface area contributed by atoms with Crippen molar-refractivity contribution in [2.45, 2.75) is 13.3 Å². The van der Waals surface area contributed by atoms with Crippen molar-refractivity contribution in [3.05, 3.63) is 54.7 Å². The van der Waals surface area contributed by atoms with E-state index in [1.807, 2.05) is 24.7 Å². The quantitative estimate of drug-likeness (QED) is 0.556. The van der Waals surface area contributed by atoms with E-state index in [0.29, 0.717) is 0 Å². The van der Waals surface area contributed by atoms with Crippen molar-refractivity contribution in [2.75, 3.05) is 18.0 Å². The lowest BCUT2D eigenvalue weighted by molar-refractivity contribution is 0.796. The molecule has 0 aliphatic carbocycles. The third-order valence-corrected chi connectivity index (χ3v) is 5.21. The van der Waals surface area contributed by atoms with Crippen molar-refractivity contribution in [1.82, 2.24) is 19.9 Å². The van der Waals surface area contributed by atoms with Crippen molar-refractivity contribution in [3.8, 4) is 0 Å². The second-order valence-corrected chi connectivity index (χ2v) is 6.52. The van der Waals surface area contributed by atoms with E-state index >= 15 is 0 Å². The summed E-state index contributed by atoms with van der Waals surface area (Å²) in [6, 6.07) is 8.15. The Kier molecular flexibility index (Phi) is 4.04. The highest BCUT2D eigenvalue weighted by Gasteiger charge is 2.15. The van der Waals surface area contributed by atoms with Gasteiger partial charge in [-0.1, -0.05) is 0 Å². The van der Waals surface area contributed by atoms with E-state index in [9.17, 15) is 0 Å². The number of hydrogen-bond acceptors (Lipinski definition) is 6. The summed E-state index contributed by atoms with van der Waals surface area (Å²) in [5.74, 6) is 1.000. The van der Waals surface area contributed by atoms with E-state index in [2.05, 4.69) is 50.0 Å². The molecule has 0 N–H and O–H groups in total. The number of aromatic nitrogens is 4. The zero-order valence-electron chi connectivity index (χ0n) is 13.4. The minimum absolute atomic E-state index is 0.902. The number of hydrogen-bond donors (Lipinski definition) is 0. The molecule has 0 aromatic carbocycles. The fourth-order valence-corrected chi connectivity index (χ4v) is 3.97. The maximum absolute atomic E-state index is 4.57. The van der Waals surface area contributed by atoms with Crippen LogP contribution in [0.25, 0.3) is 20.4 Å². The van der Waals surface area contributed by atoms with E-state index in [-0.39, 0.29) is 0 Å². The van der Waals surface area contributed by atoms with Crippen molar-refractivity contribution >= 4 is 37.6 Å². The van der Waals surface area contributed by atoms with Gasteiger partial charge in [-0.25, -0.2) is 15.0 Å². The smallest absolute Gasteiger partial charge is 0.150 e. The molecular weight excluding hydrogens is 318 g/mol. The predicted molar refractivity (Wildman–Crippen MR) is 98.5 cm³/mol. The fourth-order valence-electron chi connectivity index (χ4n) is 2.85. The van der Waals surface area contributed by atoms with Gasteiger partial charge in [-0.2, -0.15) is 0 Å². The molecule has 0 saturated heterocycles. The summed E-state index contributed by atoms with van der Waals surface area (Å²) in [6.45, 7) is 3.97. The van der Waals surface area contributed by atoms with Crippen LogP contribution < -0.4 is 4.90 Å². The lowest BCUT2D eigenvalue weighted by Gasteiger charge is -2.22. The summed E-state index contributed by atoms with van der Waals surface area (Å²) >= 11 is 1.67. The molecular formula is C18H17N5S. The molecule has 0 amide bonds. The Hall–Kier alpha value is -2.60. The molecule has 0 fully saturated rings. The van der Waals surface area contributed by atoms with Crippen molar-refractivity contribution in [2.24, 2.45) is 0 Å². The number of nitrogens with zero attached hydrogens (tertiary/aromatic N) is 5. The first kappa shape index (κ1) is 15.0. The second-order valence-electron chi connectivity index (χ2n) is 5.52. The minimum atomic E-state index is 0.902. The molecule has 0 aliphatic heterocycles. The first-order valence-electron chi connectivity index (χ1n) is 7.99. The molecule has 4 rings (SSSR count). The third kappa shape index (κ3) is 2.69. The van der Waals surface area contributed by atoms with Gasteiger partial charge in [-0.05, 0) is 43.2 Å². The van der Waals surface area contributed by atoms with Gasteiger partial charge in [0.2, 0.25) is 0 Å². The van der Waals surface area contributed by atoms with E-state index < -0.39 is 0 Å². The summed E-state index contributed by atoms with van der Waals surface area (Å²) in [5, 5.41) is 1.10. The Labute approximate surface area is 144 Å². The summed E-state index contributed by atoms with van der Waals surface area (Å²) in [5.41, 5.74) is 2.28. The van der Waals surface area contributed by atoms with Crippen LogP contribution in [0.2, 0.25) is 0 Å². The van der Waals surface area contributed by atoms with Crippen LogP contribution >= 0.6 is 11.3 Å². The summed E-state index contributed by atoms with van der Waals surface area (Å²) in [7, 11) is 0. The van der Waals surface area contributed by atoms with Gasteiger partial charge in [0.05, 0.1) is 10.2 Å². The number of rotatable bonds is 5. The van der Waals surface area contributed by atoms with Gasteiger partial charge in [0.1, 0.15) is 17.0 Å². The van der Waals surface area contributed by atoms with Crippen LogP contribution in [-0.4, -0.2) is 33.0 Å². The lowest BCUT2D eigenvalue weighted by atomic mass is 10.2. The zero-order valence-corrected chi connectivity index (χ0v) is 14.2. The highest BCUT2D eigenvalue weighted by Crippen LogP contribution is 2.35. The molecule has 5 nitrogen and oxygen atoms in total. The van der Waals surface area contributed by atoms with Gasteiger partial charge < -0.3 is 4.90 Å². The van der Waals surface area contributed by atoms with Crippen LogP contribution in [0.4, 0.5) is 5.82 Å². The standard InChI is InChI=1S/C18H17N5S/c1-2-23(11-7-13-5-9-19-10-6-13)17-16-15(21-12-22-17)14-4-3-8-20-18(14)24-16/h3-6,8-10,12H,2,7,11H2,1H3. The van der Waals surface area contributed by atoms with Crippen LogP contribution in [0.15, 0.2) is 49.2 Å². The molecule has 4 aromatic rings. The molecule has 0 spiro atoms. The SMILES string of the molecule is CCN(CCc1ccncc1)c1ncnc2c1sc1ncccc12. The largest absolute Gasteiger partial charge is 0.355 e. The summed E-state index contributed by atoms with van der Waals surface area (Å²) in [6.07, 6.45) is 8.13. The van der Waals surface area contributed by atoms with Crippen LogP contribution in [0, 0.1) is 0 Å². The Morgan fingerprint density at radius 2 is 1.92 bits per heavy atom. The van der Waals surface area contributed by atoms with E-state index in [0.717, 1.165) is 45.8 Å². The topological polar surface area (TPSA) is 54.8 Å². The molecule has 4 aromatic heterocycles. The third-order valence-electron chi connectivity index (χ3n) is 4.11. The van der Waals surface area contributed by atoms with E-state index in [1.165, 1.54) is 5.56 Å². The summed E-state index contributed by atoms with van der Waals surface area (Å²) < 4.78 is 1.11. The van der Waals surface area contributed by atoms with Crippen LogP contribution in [0.3, 0.4) is 0 Å². The number of thiophene rings is 1. The zero-order chi connectivity index (χ0) is 16.4. The van der Waals surface area contributed by atoms with Gasteiger partial charge in [-0.3, -0.25) is 4.98 Å². The average Bonchev–Trinajstić information content (AvgIpc) is 3.02. The molecule has 24 heavy (non-hydrogen) atoms. The molecule has 0 radical (unpaired) electrons. The predicted octanol–water partition coefficient (Wildman–Crippen LogP) is 3.70. The normalized spacial score (nSPS) is 11.2. The lowest BCUT2D eigenvalue weighted by Crippen LogP contribution is -2.26. The first-order chi connectivity index (χ1) is 11.9. The fraction of sp³-hybridized carbons (Fsp3) is 0.222. The van der Waals surface area contributed by atoms with Crippen LogP contribution in [0.1, 0.15) is 12.5 Å². The van der Waals surface area contributed by atoms with Gasteiger partial charge >= 0.3 is 0 Å². The highest BCUT2D eigenvalue weighted by molar-refractivity contribution is 7.25. The molecule has 0 aliphatic rings. The Bertz CT molecular complexity index is 967. The van der Waals surface area contributed by atoms with Gasteiger partial charge in [0.25, 0.3) is 0 Å². The van der Waals surface area contributed by atoms with Crippen molar-refractivity contribution < 1.29 is 0 Å². The number of anilines is 1. The Morgan fingerprint density at radius 1 is 1.04 bits per heavy atom. The van der Waals surface area contributed by atoms with Crippen LogP contribution in [0.5, 0.6) is 0 Å². The molecule has 0 unspecified atom stereocenters. The molecule has 6 heteroatoms. The first-order valence-corrected chi connectivity index (χ1v) is 8.80. The van der Waals surface area contributed by atoms with Crippen LogP contribution in [-0.2, 0) is 6.42 Å². The summed E-state index contributed by atoms with van der Waals surface area (Å²) in [4.78, 5) is 20.9. The maximum atomic E-state index is 4.57. The monoisotopic (exact) mass is 335 g/mol.